The van der Waals surface area contributed by atoms with Crippen LogP contribution >= 0.6 is 23.2 Å². The van der Waals surface area contributed by atoms with E-state index in [1.54, 1.807) is 0 Å². The number of ether oxygens (including phenoxy) is 1. The zero-order chi connectivity index (χ0) is 17.2. The molecule has 8 nitrogen and oxygen atoms in total. The van der Waals surface area contributed by atoms with Crippen molar-refractivity contribution in [2.24, 2.45) is 0 Å². The zero-order valence-electron chi connectivity index (χ0n) is 12.2. The summed E-state index contributed by atoms with van der Waals surface area (Å²) in [5.74, 6) is 0. The van der Waals surface area contributed by atoms with Gasteiger partial charge < -0.3 is 4.74 Å². The first-order chi connectivity index (χ1) is 10.8. The molecule has 1 aliphatic rings. The smallest absolute Gasteiger partial charge is 0.289 e. The molecule has 0 unspecified atom stereocenters. The Morgan fingerprint density at radius 2 is 2.17 bits per heavy atom. The third kappa shape index (κ3) is 3.93. The molecule has 1 aromatic rings. The molecule has 1 saturated heterocycles. The summed E-state index contributed by atoms with van der Waals surface area (Å²) >= 11 is 11.8. The monoisotopic (exact) mass is 383 g/mol. The van der Waals surface area contributed by atoms with Crippen LogP contribution in [-0.4, -0.2) is 44.7 Å². The van der Waals surface area contributed by atoms with Crippen LogP contribution in [-0.2, 0) is 14.8 Å². The molecule has 1 aliphatic heterocycles. The first-order valence-corrected chi connectivity index (χ1v) is 8.92. The molecule has 128 valence electrons. The maximum Gasteiger partial charge on any atom is 0.289 e. The molecule has 1 N–H and O–H groups in total. The van der Waals surface area contributed by atoms with Gasteiger partial charge in [0.05, 0.1) is 16.6 Å². The van der Waals surface area contributed by atoms with Crippen LogP contribution in [0.15, 0.2) is 17.0 Å². The molecule has 1 fully saturated rings. The molecule has 1 atom stereocenters. The van der Waals surface area contributed by atoms with Gasteiger partial charge in [-0.25, -0.2) is 13.4 Å². The number of hydrogen-bond acceptors (Lipinski definition) is 6. The molecular formula is C12H15Cl2N3O5S. The van der Waals surface area contributed by atoms with Crippen molar-refractivity contribution in [3.05, 3.63) is 32.3 Å². The second-order valence-corrected chi connectivity index (χ2v) is 7.39. The van der Waals surface area contributed by atoms with E-state index < -0.39 is 30.6 Å². The zero-order valence-corrected chi connectivity index (χ0v) is 14.5. The van der Waals surface area contributed by atoms with Crippen LogP contribution in [0.2, 0.25) is 10.0 Å². The second-order valence-electron chi connectivity index (χ2n) is 5.01. The Balaban J connectivity index is 2.36. The van der Waals surface area contributed by atoms with Crippen molar-refractivity contribution < 1.29 is 18.1 Å². The van der Waals surface area contributed by atoms with Crippen molar-refractivity contribution in [1.82, 2.24) is 9.84 Å². The Kier molecular flexibility index (Phi) is 5.82. The van der Waals surface area contributed by atoms with Gasteiger partial charge in [-0.2, -0.15) is 0 Å². The van der Waals surface area contributed by atoms with Crippen LogP contribution in [0.25, 0.3) is 0 Å². The molecule has 0 radical (unpaired) electrons. The van der Waals surface area contributed by atoms with Crippen molar-refractivity contribution in [1.29, 1.82) is 0 Å². The van der Waals surface area contributed by atoms with Gasteiger partial charge in [0.15, 0.2) is 0 Å². The summed E-state index contributed by atoms with van der Waals surface area (Å²) in [6.07, 6.45) is 1.57. The van der Waals surface area contributed by atoms with Gasteiger partial charge in [0.2, 0.25) is 0 Å². The third-order valence-corrected chi connectivity index (χ3v) is 5.83. The summed E-state index contributed by atoms with van der Waals surface area (Å²) in [7, 11) is -2.63. The van der Waals surface area contributed by atoms with Crippen LogP contribution in [0.1, 0.15) is 12.8 Å². The van der Waals surface area contributed by atoms with E-state index in [-0.39, 0.29) is 11.1 Å². The number of nitrogens with one attached hydrogen (secondary N) is 1. The summed E-state index contributed by atoms with van der Waals surface area (Å²) in [5, 5.41) is 11.7. The summed E-state index contributed by atoms with van der Waals surface area (Å²) in [4.78, 5) is 12.1. The molecule has 0 amide bonds. The lowest BCUT2D eigenvalue weighted by Gasteiger charge is -2.24. The van der Waals surface area contributed by atoms with Crippen molar-refractivity contribution in [3.8, 4) is 0 Å². The number of nitro benzene ring substituents is 1. The number of hydrogen-bond donors (Lipinski definition) is 1. The van der Waals surface area contributed by atoms with Crippen molar-refractivity contribution in [2.45, 2.75) is 23.8 Å². The molecule has 0 aliphatic carbocycles. The normalized spacial score (nSPS) is 19.2. The van der Waals surface area contributed by atoms with Gasteiger partial charge in [0.1, 0.15) is 9.92 Å². The van der Waals surface area contributed by atoms with Crippen molar-refractivity contribution >= 4 is 38.9 Å². The van der Waals surface area contributed by atoms with E-state index in [0.29, 0.717) is 13.2 Å². The lowest BCUT2D eigenvalue weighted by molar-refractivity contribution is -0.384. The second kappa shape index (κ2) is 7.29. The number of halogens is 2. The summed E-state index contributed by atoms with van der Waals surface area (Å²) in [6.45, 7) is 0.857. The highest BCUT2D eigenvalue weighted by molar-refractivity contribution is 7.89. The van der Waals surface area contributed by atoms with Crippen molar-refractivity contribution in [2.75, 3.05) is 20.3 Å². The Morgan fingerprint density at radius 1 is 1.48 bits per heavy atom. The van der Waals surface area contributed by atoms with E-state index in [0.717, 1.165) is 25.0 Å². The first-order valence-electron chi connectivity index (χ1n) is 6.68. The topological polar surface area (TPSA) is 102 Å². The van der Waals surface area contributed by atoms with Crippen LogP contribution < -0.4 is 4.83 Å². The largest absolute Gasteiger partial charge is 0.383 e. The number of nitrogens with zero attached hydrogens (tertiary/aromatic N) is 2. The summed E-state index contributed by atoms with van der Waals surface area (Å²) < 4.78 is 30.2. The van der Waals surface area contributed by atoms with Crippen LogP contribution in [0.4, 0.5) is 5.69 Å². The number of nitro groups is 1. The highest BCUT2D eigenvalue weighted by Crippen LogP contribution is 2.36. The number of rotatable bonds is 6. The molecule has 1 aromatic carbocycles. The average molecular weight is 384 g/mol. The van der Waals surface area contributed by atoms with Gasteiger partial charge in [0.25, 0.3) is 15.7 Å². The predicted molar refractivity (Wildman–Crippen MR) is 85.0 cm³/mol. The molecular weight excluding hydrogens is 369 g/mol. The maximum atomic E-state index is 12.6. The van der Waals surface area contributed by atoms with Gasteiger partial charge in [-0.05, 0) is 18.9 Å². The van der Waals surface area contributed by atoms with E-state index in [1.165, 1.54) is 12.1 Å². The van der Waals surface area contributed by atoms with Crippen LogP contribution in [0, 0.1) is 10.1 Å². The van der Waals surface area contributed by atoms with Crippen LogP contribution in [0.5, 0.6) is 0 Å². The van der Waals surface area contributed by atoms with Crippen LogP contribution in [0.3, 0.4) is 0 Å². The van der Waals surface area contributed by atoms with E-state index in [9.17, 15) is 18.5 Å². The minimum Gasteiger partial charge on any atom is -0.383 e. The lowest BCUT2D eigenvalue weighted by atomic mass is 10.2. The molecule has 11 heteroatoms. The highest BCUT2D eigenvalue weighted by atomic mass is 35.5. The van der Waals surface area contributed by atoms with Gasteiger partial charge in [0, 0.05) is 25.8 Å². The van der Waals surface area contributed by atoms with Gasteiger partial charge >= 0.3 is 0 Å². The Morgan fingerprint density at radius 3 is 2.78 bits per heavy atom. The molecule has 0 spiro atoms. The Bertz CT molecular complexity index is 713. The summed E-state index contributed by atoms with van der Waals surface area (Å²) in [5.41, 5.74) is -0.522. The predicted octanol–water partition coefficient (Wildman–Crippen LogP) is 2.21. The number of sulfonamides is 1. The van der Waals surface area contributed by atoms with Gasteiger partial charge in [-0.3, -0.25) is 10.1 Å². The van der Waals surface area contributed by atoms with Gasteiger partial charge in [-0.1, -0.05) is 23.2 Å². The van der Waals surface area contributed by atoms with Gasteiger partial charge in [-0.15, -0.1) is 4.83 Å². The molecule has 1 heterocycles. The highest BCUT2D eigenvalue weighted by Gasteiger charge is 2.33. The lowest BCUT2D eigenvalue weighted by Crippen LogP contribution is -2.46. The Hall–Kier alpha value is -0.970. The fourth-order valence-corrected chi connectivity index (χ4v) is 4.79. The average Bonchev–Trinajstić information content (AvgIpc) is 2.85. The standard InChI is InChI=1S/C12H15Cl2N3O5S/c1-22-7-8-3-2-6-16(8)15-23(20,21)12-9(13)4-5-10(11(12)14)17(18)19/h4-5,8,15H,2-3,6-7H2,1H3/t8-/m1/s1. The number of benzene rings is 1. The molecule has 23 heavy (non-hydrogen) atoms. The number of hydrazine groups is 1. The minimum atomic E-state index is -4.16. The minimum absolute atomic E-state index is 0.119. The summed E-state index contributed by atoms with van der Waals surface area (Å²) in [6, 6.07) is 2.08. The van der Waals surface area contributed by atoms with Crippen molar-refractivity contribution in [3.63, 3.8) is 0 Å². The maximum absolute atomic E-state index is 12.6. The molecule has 0 aromatic heterocycles. The fraction of sp³-hybridized carbons (Fsp3) is 0.500. The molecule has 2 rings (SSSR count). The Labute approximate surface area is 143 Å². The first kappa shape index (κ1) is 18.4. The van der Waals surface area contributed by atoms with E-state index >= 15 is 0 Å². The third-order valence-electron chi connectivity index (χ3n) is 3.47. The molecule has 0 bridgehead atoms. The fourth-order valence-electron chi connectivity index (χ4n) is 2.43. The number of methoxy groups -OCH3 is 1. The quantitative estimate of drug-likeness (QED) is 0.596. The van der Waals surface area contributed by atoms with E-state index in [2.05, 4.69) is 4.83 Å². The van der Waals surface area contributed by atoms with E-state index in [4.69, 9.17) is 27.9 Å². The van der Waals surface area contributed by atoms with E-state index in [1.807, 2.05) is 0 Å². The molecule has 0 saturated carbocycles. The SMILES string of the molecule is COC[C@H]1CCCN1NS(=O)(=O)c1c(Cl)ccc([N+](=O)[O-])c1Cl.